The number of hydrogen-bond donors (Lipinski definition) is 2. The number of hydrogen-bond acceptors (Lipinski definition) is 3. The fourth-order valence-corrected chi connectivity index (χ4v) is 2.17. The number of nitrogens with one attached hydrogen (secondary N) is 1. The maximum Gasteiger partial charge on any atom is 0.224 e. The van der Waals surface area contributed by atoms with Gasteiger partial charge in [0.25, 0.3) is 0 Å². The zero-order valence-corrected chi connectivity index (χ0v) is 12.2. The van der Waals surface area contributed by atoms with Crippen LogP contribution in [0, 0.1) is 5.92 Å². The Kier molecular flexibility index (Phi) is 6.84. The molecule has 1 saturated heterocycles. The predicted octanol–water partition coefficient (Wildman–Crippen LogP) is 0.879. The van der Waals surface area contributed by atoms with Gasteiger partial charge in [0.05, 0.1) is 0 Å². The van der Waals surface area contributed by atoms with Gasteiger partial charge in [-0.3, -0.25) is 9.59 Å². The number of carbonyl (C=O) groups excluding carboxylic acids is 2. The van der Waals surface area contributed by atoms with Gasteiger partial charge in [0.15, 0.2) is 0 Å². The normalized spacial score (nSPS) is 19.4. The van der Waals surface area contributed by atoms with Crippen LogP contribution in [0.5, 0.6) is 0 Å². The van der Waals surface area contributed by atoms with E-state index in [4.69, 9.17) is 5.73 Å². The van der Waals surface area contributed by atoms with Crippen LogP contribution in [0.4, 0.5) is 0 Å². The first-order valence-electron chi connectivity index (χ1n) is 7.33. The molecule has 19 heavy (non-hydrogen) atoms. The number of nitrogens with zero attached hydrogens (tertiary/aromatic N) is 1. The highest BCUT2D eigenvalue weighted by Gasteiger charge is 2.18. The van der Waals surface area contributed by atoms with Crippen LogP contribution in [-0.4, -0.2) is 42.4 Å². The molecule has 0 bridgehead atoms. The summed E-state index contributed by atoms with van der Waals surface area (Å²) in [4.78, 5) is 25.6. The van der Waals surface area contributed by atoms with Crippen molar-refractivity contribution >= 4 is 11.8 Å². The summed E-state index contributed by atoms with van der Waals surface area (Å²) >= 11 is 0. The second-order valence-electron chi connectivity index (χ2n) is 5.48. The van der Waals surface area contributed by atoms with E-state index in [1.54, 1.807) is 6.92 Å². The Morgan fingerprint density at radius 2 is 1.74 bits per heavy atom. The molecular formula is C14H27N3O2. The lowest BCUT2D eigenvalue weighted by atomic mass is 10.0. The van der Waals surface area contributed by atoms with E-state index in [0.29, 0.717) is 13.0 Å². The van der Waals surface area contributed by atoms with E-state index in [9.17, 15) is 9.59 Å². The molecule has 2 unspecified atom stereocenters. The molecule has 0 aromatic heterocycles. The van der Waals surface area contributed by atoms with E-state index in [0.717, 1.165) is 25.9 Å². The van der Waals surface area contributed by atoms with Gasteiger partial charge in [0, 0.05) is 38.0 Å². The Hall–Kier alpha value is -1.10. The van der Waals surface area contributed by atoms with Crippen molar-refractivity contribution in [2.45, 2.75) is 52.0 Å². The van der Waals surface area contributed by atoms with Gasteiger partial charge in [0.1, 0.15) is 0 Å². The SMILES string of the molecule is CC(N)C(C)C(=O)NCCC(=O)N1CCCCCC1. The van der Waals surface area contributed by atoms with Crippen LogP contribution < -0.4 is 11.1 Å². The van der Waals surface area contributed by atoms with Crippen molar-refractivity contribution in [3.8, 4) is 0 Å². The monoisotopic (exact) mass is 269 g/mol. The highest BCUT2D eigenvalue weighted by Crippen LogP contribution is 2.10. The molecule has 5 nitrogen and oxygen atoms in total. The molecule has 1 rings (SSSR count). The molecular weight excluding hydrogens is 242 g/mol. The summed E-state index contributed by atoms with van der Waals surface area (Å²) in [6.07, 6.45) is 5.01. The van der Waals surface area contributed by atoms with Crippen molar-refractivity contribution in [2.24, 2.45) is 11.7 Å². The Morgan fingerprint density at radius 3 is 2.26 bits per heavy atom. The zero-order valence-electron chi connectivity index (χ0n) is 12.2. The molecule has 0 saturated carbocycles. The molecule has 0 radical (unpaired) electrons. The van der Waals surface area contributed by atoms with E-state index in [-0.39, 0.29) is 23.8 Å². The third kappa shape index (κ3) is 5.59. The number of nitrogens with two attached hydrogens (primary N) is 1. The van der Waals surface area contributed by atoms with E-state index >= 15 is 0 Å². The van der Waals surface area contributed by atoms with Crippen LogP contribution in [0.2, 0.25) is 0 Å². The number of likely N-dealkylation sites (tertiary alicyclic amines) is 1. The van der Waals surface area contributed by atoms with Gasteiger partial charge >= 0.3 is 0 Å². The molecule has 0 spiro atoms. The Morgan fingerprint density at radius 1 is 1.16 bits per heavy atom. The molecule has 3 N–H and O–H groups in total. The lowest BCUT2D eigenvalue weighted by Crippen LogP contribution is -2.40. The maximum atomic E-state index is 12.0. The summed E-state index contributed by atoms with van der Waals surface area (Å²) < 4.78 is 0. The lowest BCUT2D eigenvalue weighted by Gasteiger charge is -2.21. The molecule has 2 amide bonds. The van der Waals surface area contributed by atoms with Gasteiger partial charge in [0.2, 0.25) is 11.8 Å². The summed E-state index contributed by atoms with van der Waals surface area (Å²) in [5.41, 5.74) is 5.67. The fourth-order valence-electron chi connectivity index (χ4n) is 2.17. The average Bonchev–Trinajstić information content (AvgIpc) is 2.66. The molecule has 5 heteroatoms. The van der Waals surface area contributed by atoms with Gasteiger partial charge in [-0.15, -0.1) is 0 Å². The third-order valence-electron chi connectivity index (χ3n) is 3.80. The largest absolute Gasteiger partial charge is 0.355 e. The lowest BCUT2D eigenvalue weighted by molar-refractivity contribution is -0.131. The van der Waals surface area contributed by atoms with E-state index < -0.39 is 0 Å². The van der Waals surface area contributed by atoms with Gasteiger partial charge < -0.3 is 16.0 Å². The second-order valence-corrected chi connectivity index (χ2v) is 5.48. The maximum absolute atomic E-state index is 12.0. The van der Waals surface area contributed by atoms with Crippen LogP contribution >= 0.6 is 0 Å². The molecule has 110 valence electrons. The van der Waals surface area contributed by atoms with Gasteiger partial charge in [-0.1, -0.05) is 19.8 Å². The summed E-state index contributed by atoms with van der Waals surface area (Å²) in [5, 5.41) is 2.78. The van der Waals surface area contributed by atoms with Crippen LogP contribution in [-0.2, 0) is 9.59 Å². The second kappa shape index (κ2) is 8.15. The fraction of sp³-hybridized carbons (Fsp3) is 0.857. The van der Waals surface area contributed by atoms with Crippen LogP contribution in [0.25, 0.3) is 0 Å². The number of carbonyl (C=O) groups is 2. The van der Waals surface area contributed by atoms with Gasteiger partial charge in [-0.2, -0.15) is 0 Å². The van der Waals surface area contributed by atoms with Crippen molar-refractivity contribution in [1.29, 1.82) is 0 Å². The van der Waals surface area contributed by atoms with Gasteiger partial charge in [-0.05, 0) is 19.8 Å². The average molecular weight is 269 g/mol. The number of rotatable bonds is 5. The first-order chi connectivity index (χ1) is 9.02. The molecule has 1 aliphatic rings. The summed E-state index contributed by atoms with van der Waals surface area (Å²) in [7, 11) is 0. The zero-order chi connectivity index (χ0) is 14.3. The summed E-state index contributed by atoms with van der Waals surface area (Å²) in [6.45, 7) is 5.75. The molecule has 1 fully saturated rings. The van der Waals surface area contributed by atoms with Crippen molar-refractivity contribution < 1.29 is 9.59 Å². The van der Waals surface area contributed by atoms with Crippen molar-refractivity contribution in [2.75, 3.05) is 19.6 Å². The molecule has 2 atom stereocenters. The van der Waals surface area contributed by atoms with Gasteiger partial charge in [-0.25, -0.2) is 0 Å². The molecule has 1 aliphatic heterocycles. The summed E-state index contributed by atoms with van der Waals surface area (Å²) in [5.74, 6) is -0.136. The summed E-state index contributed by atoms with van der Waals surface area (Å²) in [6, 6.07) is -0.165. The topological polar surface area (TPSA) is 75.4 Å². The Balaban J connectivity index is 2.24. The van der Waals surface area contributed by atoms with Crippen LogP contribution in [0.3, 0.4) is 0 Å². The highest BCUT2D eigenvalue weighted by molar-refractivity contribution is 5.80. The Bertz CT molecular complexity index is 297. The minimum absolute atomic E-state index is 0.0707. The van der Waals surface area contributed by atoms with E-state index in [2.05, 4.69) is 5.32 Å². The molecule has 1 heterocycles. The first kappa shape index (κ1) is 16.0. The van der Waals surface area contributed by atoms with Crippen molar-refractivity contribution in [1.82, 2.24) is 10.2 Å². The molecule has 0 aliphatic carbocycles. The smallest absolute Gasteiger partial charge is 0.224 e. The third-order valence-corrected chi connectivity index (χ3v) is 3.80. The minimum Gasteiger partial charge on any atom is -0.355 e. The predicted molar refractivity (Wildman–Crippen MR) is 75.5 cm³/mol. The first-order valence-corrected chi connectivity index (χ1v) is 7.33. The van der Waals surface area contributed by atoms with E-state index in [1.165, 1.54) is 12.8 Å². The molecule has 0 aromatic carbocycles. The van der Waals surface area contributed by atoms with Crippen LogP contribution in [0.1, 0.15) is 46.0 Å². The van der Waals surface area contributed by atoms with Crippen LogP contribution in [0.15, 0.2) is 0 Å². The number of amides is 2. The molecule has 0 aromatic rings. The quantitative estimate of drug-likeness (QED) is 0.778. The Labute approximate surface area is 115 Å². The minimum atomic E-state index is -0.215. The van der Waals surface area contributed by atoms with E-state index in [1.807, 2.05) is 11.8 Å². The highest BCUT2D eigenvalue weighted by atomic mass is 16.2. The standard InChI is InChI=1S/C14H27N3O2/c1-11(12(2)15)14(19)16-8-7-13(18)17-9-5-3-4-6-10-17/h11-12H,3-10,15H2,1-2H3,(H,16,19). The van der Waals surface area contributed by atoms with Crippen molar-refractivity contribution in [3.05, 3.63) is 0 Å². The van der Waals surface area contributed by atoms with Crippen molar-refractivity contribution in [3.63, 3.8) is 0 Å².